The first-order valence-corrected chi connectivity index (χ1v) is 13.2. The Morgan fingerprint density at radius 2 is 1.87 bits per heavy atom. The smallest absolute Gasteiger partial charge is 0.437 e. The Labute approximate surface area is 189 Å². The van der Waals surface area contributed by atoms with Crippen molar-refractivity contribution in [1.29, 1.82) is 0 Å². The van der Waals surface area contributed by atoms with Gasteiger partial charge >= 0.3 is 6.22 Å². The molecular weight excluding hydrogens is 387 g/mol. The predicted molar refractivity (Wildman–Crippen MR) is 124 cm³/mol. The number of carbonyl (C=O) groups excluding carboxylic acids is 1. The number of hydrogen-bond acceptors (Lipinski definition) is 2. The van der Waals surface area contributed by atoms with E-state index in [1.54, 1.807) is 0 Å². The van der Waals surface area contributed by atoms with Crippen LogP contribution in [0.25, 0.3) is 0 Å². The molecular formula is C28H45FO2. The molecule has 0 aromatic rings. The molecule has 4 aliphatic carbocycles. The number of allylic oxidation sites excluding steroid dienone is 1. The Morgan fingerprint density at radius 3 is 2.58 bits per heavy atom. The minimum Gasteiger partial charge on any atom is -0.437 e. The zero-order chi connectivity index (χ0) is 22.4. The first-order chi connectivity index (χ1) is 14.6. The van der Waals surface area contributed by atoms with Crippen molar-refractivity contribution in [3.05, 3.63) is 11.6 Å². The van der Waals surface area contributed by atoms with Gasteiger partial charge in [-0.2, -0.15) is 0 Å². The third-order valence-corrected chi connectivity index (χ3v) is 10.5. The number of hydrogen-bond donors (Lipinski definition) is 0. The van der Waals surface area contributed by atoms with Crippen LogP contribution in [0.3, 0.4) is 0 Å². The van der Waals surface area contributed by atoms with Crippen LogP contribution in [-0.2, 0) is 4.74 Å². The summed E-state index contributed by atoms with van der Waals surface area (Å²) < 4.78 is 17.7. The van der Waals surface area contributed by atoms with Crippen LogP contribution < -0.4 is 0 Å². The third-order valence-electron chi connectivity index (χ3n) is 10.5. The molecule has 3 saturated carbocycles. The molecule has 0 aliphatic heterocycles. The van der Waals surface area contributed by atoms with E-state index in [9.17, 15) is 9.18 Å². The van der Waals surface area contributed by atoms with E-state index in [0.717, 1.165) is 54.8 Å². The first-order valence-electron chi connectivity index (χ1n) is 13.2. The molecule has 0 heterocycles. The average molecular weight is 433 g/mol. The summed E-state index contributed by atoms with van der Waals surface area (Å²) in [6, 6.07) is 0. The highest BCUT2D eigenvalue weighted by Crippen LogP contribution is 2.67. The Kier molecular flexibility index (Phi) is 6.63. The molecule has 8 atom stereocenters. The molecule has 0 bridgehead atoms. The molecule has 0 amide bonds. The minimum absolute atomic E-state index is 0.227. The van der Waals surface area contributed by atoms with E-state index in [4.69, 9.17) is 4.74 Å². The average Bonchev–Trinajstić information content (AvgIpc) is 3.05. The maximum atomic E-state index is 12.8. The summed E-state index contributed by atoms with van der Waals surface area (Å²) in [6.45, 7) is 12.3. The Balaban J connectivity index is 1.47. The van der Waals surface area contributed by atoms with Crippen molar-refractivity contribution >= 4 is 6.22 Å². The molecule has 0 N–H and O–H groups in total. The van der Waals surface area contributed by atoms with Crippen LogP contribution in [0, 0.1) is 46.3 Å². The minimum atomic E-state index is -1.61. The van der Waals surface area contributed by atoms with E-state index in [1.807, 2.05) is 0 Å². The van der Waals surface area contributed by atoms with Crippen LogP contribution in [0.2, 0.25) is 0 Å². The van der Waals surface area contributed by atoms with Crippen molar-refractivity contribution in [2.24, 2.45) is 46.3 Å². The summed E-state index contributed by atoms with van der Waals surface area (Å²) in [6.07, 6.45) is 14.1. The molecule has 0 aromatic heterocycles. The lowest BCUT2D eigenvalue weighted by Gasteiger charge is -2.58. The van der Waals surface area contributed by atoms with Crippen LogP contribution in [0.4, 0.5) is 9.18 Å². The van der Waals surface area contributed by atoms with Crippen molar-refractivity contribution in [3.8, 4) is 0 Å². The molecule has 3 fully saturated rings. The fourth-order valence-electron chi connectivity index (χ4n) is 8.88. The number of carbonyl (C=O) groups is 1. The summed E-state index contributed by atoms with van der Waals surface area (Å²) in [4.78, 5) is 10.8. The van der Waals surface area contributed by atoms with Gasteiger partial charge in [0.1, 0.15) is 6.10 Å². The molecule has 4 rings (SSSR count). The van der Waals surface area contributed by atoms with Crippen LogP contribution in [0.5, 0.6) is 0 Å². The van der Waals surface area contributed by atoms with Crippen LogP contribution in [0.1, 0.15) is 105 Å². The molecule has 0 saturated heterocycles. The summed E-state index contributed by atoms with van der Waals surface area (Å²) >= 11 is 0. The van der Waals surface area contributed by atoms with Crippen molar-refractivity contribution < 1.29 is 13.9 Å². The zero-order valence-electron chi connectivity index (χ0n) is 20.6. The van der Waals surface area contributed by atoms with Gasteiger partial charge in [0.2, 0.25) is 0 Å². The van der Waals surface area contributed by atoms with Gasteiger partial charge in [-0.05, 0) is 91.3 Å². The Hall–Kier alpha value is -0.860. The lowest BCUT2D eigenvalue weighted by molar-refractivity contribution is -0.0590. The molecule has 3 heteroatoms. The highest BCUT2D eigenvalue weighted by atomic mass is 19.1. The number of fused-ring (bicyclic) bond motifs is 5. The quantitative estimate of drug-likeness (QED) is 0.310. The highest BCUT2D eigenvalue weighted by molar-refractivity contribution is 5.58. The van der Waals surface area contributed by atoms with Gasteiger partial charge in [-0.15, -0.1) is 4.39 Å². The van der Waals surface area contributed by atoms with Crippen molar-refractivity contribution in [2.45, 2.75) is 111 Å². The van der Waals surface area contributed by atoms with Gasteiger partial charge in [-0.3, -0.25) is 0 Å². The summed E-state index contributed by atoms with van der Waals surface area (Å²) in [5, 5.41) is 0. The number of halogens is 1. The maximum absolute atomic E-state index is 12.8. The Morgan fingerprint density at radius 1 is 1.10 bits per heavy atom. The van der Waals surface area contributed by atoms with Crippen LogP contribution >= 0.6 is 0 Å². The second-order valence-corrected chi connectivity index (χ2v) is 12.5. The molecule has 4 aliphatic rings. The Bertz CT molecular complexity index is 699. The van der Waals surface area contributed by atoms with Gasteiger partial charge in [0.15, 0.2) is 0 Å². The van der Waals surface area contributed by atoms with Crippen LogP contribution in [-0.4, -0.2) is 12.3 Å². The molecule has 0 radical (unpaired) electrons. The van der Waals surface area contributed by atoms with Gasteiger partial charge in [0, 0.05) is 6.42 Å². The van der Waals surface area contributed by atoms with Gasteiger partial charge < -0.3 is 4.74 Å². The summed E-state index contributed by atoms with van der Waals surface area (Å²) in [5.41, 5.74) is 2.19. The lowest BCUT2D eigenvalue weighted by Crippen LogP contribution is -2.51. The summed E-state index contributed by atoms with van der Waals surface area (Å²) in [5.74, 6) is 4.98. The topological polar surface area (TPSA) is 26.3 Å². The molecule has 0 spiro atoms. The van der Waals surface area contributed by atoms with E-state index in [-0.39, 0.29) is 11.5 Å². The van der Waals surface area contributed by atoms with E-state index < -0.39 is 6.22 Å². The monoisotopic (exact) mass is 432 g/mol. The van der Waals surface area contributed by atoms with E-state index in [0.29, 0.717) is 5.41 Å². The fraction of sp³-hybridized carbons (Fsp3) is 0.893. The summed E-state index contributed by atoms with van der Waals surface area (Å²) in [7, 11) is 0. The molecule has 2 nitrogen and oxygen atoms in total. The first kappa shape index (κ1) is 23.3. The predicted octanol–water partition coefficient (Wildman–Crippen LogP) is 8.50. The van der Waals surface area contributed by atoms with E-state index in [1.165, 1.54) is 56.9 Å². The molecule has 176 valence electrons. The second-order valence-electron chi connectivity index (χ2n) is 12.5. The van der Waals surface area contributed by atoms with E-state index in [2.05, 4.69) is 40.7 Å². The van der Waals surface area contributed by atoms with Gasteiger partial charge in [0.05, 0.1) is 0 Å². The largest absolute Gasteiger partial charge is 0.495 e. The van der Waals surface area contributed by atoms with Crippen molar-refractivity contribution in [2.75, 3.05) is 0 Å². The lowest BCUT2D eigenvalue weighted by atomic mass is 9.47. The zero-order valence-corrected chi connectivity index (χ0v) is 20.6. The van der Waals surface area contributed by atoms with Crippen molar-refractivity contribution in [3.63, 3.8) is 0 Å². The normalized spacial score (nSPS) is 42.9. The third kappa shape index (κ3) is 4.24. The standard InChI is InChI=1S/C28H45FO2/c1-18(2)7-6-8-19(3)23-11-12-24-22-10-9-20-17-21(31-26(29)30)13-15-27(20,4)25(22)14-16-28(23,24)5/h9,18-19,21-25H,6-8,10-17H2,1-5H3/t19-,21?,22?,23-,24?,25?,27+,28-/m1/s1. The number of rotatable bonds is 6. The van der Waals surface area contributed by atoms with Crippen LogP contribution in [0.15, 0.2) is 11.6 Å². The molecule has 31 heavy (non-hydrogen) atoms. The molecule has 4 unspecified atom stereocenters. The SMILES string of the molecule is CC(C)CCC[C@@H](C)[C@H]1CCC2C3CC=C4CC(OC(=O)F)CC[C@]4(C)C3CC[C@@]21C. The van der Waals surface area contributed by atoms with Crippen molar-refractivity contribution in [1.82, 2.24) is 0 Å². The fourth-order valence-corrected chi connectivity index (χ4v) is 8.88. The second kappa shape index (κ2) is 8.82. The molecule has 0 aromatic carbocycles. The van der Waals surface area contributed by atoms with Gasteiger partial charge in [-0.25, -0.2) is 4.79 Å². The maximum Gasteiger partial charge on any atom is 0.495 e. The number of ether oxygens (including phenoxy) is 1. The van der Waals surface area contributed by atoms with E-state index >= 15 is 0 Å². The van der Waals surface area contributed by atoms with Gasteiger partial charge in [-0.1, -0.05) is 65.5 Å². The van der Waals surface area contributed by atoms with Gasteiger partial charge in [0.25, 0.3) is 0 Å². The highest BCUT2D eigenvalue weighted by Gasteiger charge is 2.59.